The number of para-hydroxylation sites is 1. The first-order valence-electron chi connectivity index (χ1n) is 7.68. The van der Waals surface area contributed by atoms with Crippen LogP contribution in [-0.2, 0) is 6.54 Å². The molecule has 23 heavy (non-hydrogen) atoms. The molecule has 0 aliphatic carbocycles. The highest BCUT2D eigenvalue weighted by molar-refractivity contribution is 5.75. The summed E-state index contributed by atoms with van der Waals surface area (Å²) in [4.78, 5) is 9.63. The van der Waals surface area contributed by atoms with Crippen LogP contribution in [0.2, 0.25) is 0 Å². The van der Waals surface area contributed by atoms with E-state index in [1.165, 1.54) is 6.07 Å². The molecule has 0 fully saturated rings. The molecule has 3 rings (SSSR count). The lowest BCUT2D eigenvalue weighted by Crippen LogP contribution is -2.25. The van der Waals surface area contributed by atoms with Crippen LogP contribution in [0.15, 0.2) is 48.5 Å². The average Bonchev–Trinajstić information content (AvgIpc) is 2.97. The van der Waals surface area contributed by atoms with E-state index in [-0.39, 0.29) is 18.5 Å². The number of nitrogens with zero attached hydrogens (tertiary/aromatic N) is 2. The highest BCUT2D eigenvalue weighted by Gasteiger charge is 2.18. The lowest BCUT2D eigenvalue weighted by Gasteiger charge is -2.27. The molecule has 0 spiro atoms. The highest BCUT2D eigenvalue weighted by Crippen LogP contribution is 2.24. The van der Waals surface area contributed by atoms with Crippen LogP contribution in [-0.4, -0.2) is 33.6 Å². The summed E-state index contributed by atoms with van der Waals surface area (Å²) in [5, 5.41) is 9.36. The van der Waals surface area contributed by atoms with Gasteiger partial charge >= 0.3 is 0 Å². The summed E-state index contributed by atoms with van der Waals surface area (Å²) in [6.45, 7) is 0.659. The maximum absolute atomic E-state index is 13.8. The van der Waals surface area contributed by atoms with E-state index in [4.69, 9.17) is 0 Å². The van der Waals surface area contributed by atoms with E-state index in [0.29, 0.717) is 29.8 Å². The van der Waals surface area contributed by atoms with Crippen molar-refractivity contribution in [3.05, 3.63) is 65.7 Å². The minimum atomic E-state index is -0.317. The predicted octanol–water partition coefficient (Wildman–Crippen LogP) is 3.26. The summed E-state index contributed by atoms with van der Waals surface area (Å²) in [5.41, 5.74) is 2.22. The van der Waals surface area contributed by atoms with Crippen LogP contribution in [0.1, 0.15) is 23.9 Å². The Labute approximate surface area is 134 Å². The molecule has 0 unspecified atom stereocenters. The van der Waals surface area contributed by atoms with Crippen LogP contribution in [0, 0.1) is 5.82 Å². The summed E-state index contributed by atoms with van der Waals surface area (Å²) < 4.78 is 13.8. The van der Waals surface area contributed by atoms with E-state index >= 15 is 0 Å². The van der Waals surface area contributed by atoms with Crippen molar-refractivity contribution in [2.45, 2.75) is 19.0 Å². The van der Waals surface area contributed by atoms with Gasteiger partial charge in [0.1, 0.15) is 11.3 Å². The molecular formula is C18H20FN3O. The van der Waals surface area contributed by atoms with Gasteiger partial charge in [0.2, 0.25) is 0 Å². The first kappa shape index (κ1) is 15.6. The Hall–Kier alpha value is -2.24. The molecular weight excluding hydrogens is 293 g/mol. The number of nitrogens with one attached hydrogen (secondary N) is 1. The molecule has 0 bridgehead atoms. The van der Waals surface area contributed by atoms with Crippen LogP contribution in [0.25, 0.3) is 11.0 Å². The zero-order valence-electron chi connectivity index (χ0n) is 13.0. The van der Waals surface area contributed by atoms with Crippen molar-refractivity contribution >= 4 is 11.0 Å². The second-order valence-electron chi connectivity index (χ2n) is 5.67. The number of aliphatic hydroxyl groups excluding tert-OH is 1. The van der Waals surface area contributed by atoms with Gasteiger partial charge in [-0.3, -0.25) is 4.90 Å². The van der Waals surface area contributed by atoms with Gasteiger partial charge in [-0.25, -0.2) is 9.37 Å². The summed E-state index contributed by atoms with van der Waals surface area (Å²) >= 11 is 0. The van der Waals surface area contributed by atoms with Gasteiger partial charge in [-0.05, 0) is 31.2 Å². The number of imidazole rings is 1. The third kappa shape index (κ3) is 3.41. The molecule has 2 N–H and O–H groups in total. The normalized spacial score (nSPS) is 12.9. The first-order chi connectivity index (χ1) is 11.2. The summed E-state index contributed by atoms with van der Waals surface area (Å²) in [7, 11) is 1.98. The predicted molar refractivity (Wildman–Crippen MR) is 88.4 cm³/mol. The molecule has 3 aromatic rings. The van der Waals surface area contributed by atoms with Crippen molar-refractivity contribution in [3.8, 4) is 0 Å². The number of H-pyrrole nitrogens is 1. The molecule has 0 aliphatic heterocycles. The number of halogens is 1. The second-order valence-corrected chi connectivity index (χ2v) is 5.67. The average molecular weight is 313 g/mol. The van der Waals surface area contributed by atoms with Crippen LogP contribution in [0.3, 0.4) is 0 Å². The van der Waals surface area contributed by atoms with Gasteiger partial charge in [-0.1, -0.05) is 36.4 Å². The van der Waals surface area contributed by atoms with Crippen LogP contribution in [0.5, 0.6) is 0 Å². The molecule has 0 radical (unpaired) electrons. The van der Waals surface area contributed by atoms with Crippen molar-refractivity contribution in [1.82, 2.24) is 14.9 Å². The number of aromatic nitrogens is 2. The lowest BCUT2D eigenvalue weighted by molar-refractivity contribution is 0.177. The van der Waals surface area contributed by atoms with E-state index in [1.54, 1.807) is 6.07 Å². The number of aromatic amines is 1. The maximum atomic E-state index is 13.8. The Morgan fingerprint density at radius 1 is 1.17 bits per heavy atom. The Kier molecular flexibility index (Phi) is 4.69. The number of hydrogen-bond donors (Lipinski definition) is 2. The fraction of sp³-hybridized carbons (Fsp3) is 0.278. The van der Waals surface area contributed by atoms with E-state index in [9.17, 15) is 9.50 Å². The summed E-state index contributed by atoms with van der Waals surface area (Å²) in [6, 6.07) is 15.0. The van der Waals surface area contributed by atoms with Crippen molar-refractivity contribution in [1.29, 1.82) is 0 Å². The standard InChI is InChI=1S/C18H20FN3O/c1-22(16(10-11-23)13-6-3-2-4-7-13)12-17-20-15-9-5-8-14(19)18(15)21-17/h2-9,16,23H,10-12H2,1H3,(H,20,21)/t16-/m0/s1. The summed E-state index contributed by atoms with van der Waals surface area (Å²) in [6.07, 6.45) is 0.634. The molecule has 0 amide bonds. The Morgan fingerprint density at radius 3 is 2.65 bits per heavy atom. The van der Waals surface area contributed by atoms with Gasteiger partial charge in [-0.15, -0.1) is 0 Å². The van der Waals surface area contributed by atoms with Crippen molar-refractivity contribution in [3.63, 3.8) is 0 Å². The smallest absolute Gasteiger partial charge is 0.151 e. The van der Waals surface area contributed by atoms with Gasteiger partial charge in [0.15, 0.2) is 5.82 Å². The van der Waals surface area contributed by atoms with E-state index < -0.39 is 0 Å². The third-order valence-electron chi connectivity index (χ3n) is 4.03. The third-order valence-corrected chi connectivity index (χ3v) is 4.03. The Balaban J connectivity index is 1.82. The van der Waals surface area contributed by atoms with Gasteiger partial charge in [0.05, 0.1) is 12.1 Å². The molecule has 1 heterocycles. The van der Waals surface area contributed by atoms with Crippen LogP contribution < -0.4 is 0 Å². The maximum Gasteiger partial charge on any atom is 0.151 e. The quantitative estimate of drug-likeness (QED) is 0.734. The van der Waals surface area contributed by atoms with Crippen molar-refractivity contribution in [2.24, 2.45) is 0 Å². The zero-order valence-corrected chi connectivity index (χ0v) is 13.0. The molecule has 5 heteroatoms. The molecule has 120 valence electrons. The van der Waals surface area contributed by atoms with Crippen LogP contribution >= 0.6 is 0 Å². The number of hydrogen-bond acceptors (Lipinski definition) is 3. The number of fused-ring (bicyclic) bond motifs is 1. The molecule has 0 saturated carbocycles. The summed E-state index contributed by atoms with van der Waals surface area (Å²) in [5.74, 6) is 0.397. The minimum Gasteiger partial charge on any atom is -0.396 e. The molecule has 0 saturated heterocycles. The number of rotatable bonds is 6. The fourth-order valence-corrected chi connectivity index (χ4v) is 2.91. The molecule has 2 aromatic carbocycles. The van der Waals surface area contributed by atoms with Crippen LogP contribution in [0.4, 0.5) is 4.39 Å². The van der Waals surface area contributed by atoms with Gasteiger partial charge in [0.25, 0.3) is 0 Å². The molecule has 1 aromatic heterocycles. The monoisotopic (exact) mass is 313 g/mol. The highest BCUT2D eigenvalue weighted by atomic mass is 19.1. The number of aliphatic hydroxyl groups is 1. The SMILES string of the molecule is CN(Cc1nc2c(F)cccc2[nH]1)[C@@H](CCO)c1ccccc1. The van der Waals surface area contributed by atoms with E-state index in [1.807, 2.05) is 31.3 Å². The Bertz CT molecular complexity index is 772. The van der Waals surface area contributed by atoms with Gasteiger partial charge in [0, 0.05) is 12.6 Å². The molecule has 0 aliphatic rings. The van der Waals surface area contributed by atoms with E-state index in [0.717, 1.165) is 5.56 Å². The van der Waals surface area contributed by atoms with Gasteiger partial charge < -0.3 is 10.1 Å². The van der Waals surface area contributed by atoms with Crippen molar-refractivity contribution in [2.75, 3.05) is 13.7 Å². The lowest BCUT2D eigenvalue weighted by atomic mass is 10.0. The molecule has 4 nitrogen and oxygen atoms in total. The zero-order chi connectivity index (χ0) is 16.2. The minimum absolute atomic E-state index is 0.0826. The molecule has 1 atom stereocenters. The Morgan fingerprint density at radius 2 is 1.96 bits per heavy atom. The largest absolute Gasteiger partial charge is 0.396 e. The fourth-order valence-electron chi connectivity index (χ4n) is 2.91. The van der Waals surface area contributed by atoms with E-state index in [2.05, 4.69) is 27.0 Å². The first-order valence-corrected chi connectivity index (χ1v) is 7.68. The van der Waals surface area contributed by atoms with Crippen molar-refractivity contribution < 1.29 is 9.50 Å². The van der Waals surface area contributed by atoms with Gasteiger partial charge in [-0.2, -0.15) is 0 Å². The second kappa shape index (κ2) is 6.89. The number of benzene rings is 2. The topological polar surface area (TPSA) is 52.2 Å².